The number of nitrogens with zero attached hydrogens (tertiary/aromatic N) is 3. The van der Waals surface area contributed by atoms with E-state index in [-0.39, 0.29) is 11.4 Å². The Hall–Kier alpha value is -2.92. The molecule has 0 amide bonds. The number of nitrogens with one attached hydrogen (secondary N) is 1. The molecule has 0 atom stereocenters. The number of alkyl halides is 3. The van der Waals surface area contributed by atoms with Crippen molar-refractivity contribution in [2.45, 2.75) is 24.5 Å². The zero-order valence-electron chi connectivity index (χ0n) is 15.5. The van der Waals surface area contributed by atoms with Crippen LogP contribution in [-0.2, 0) is 29.8 Å². The Morgan fingerprint density at radius 2 is 1.90 bits per heavy atom. The molecule has 29 heavy (non-hydrogen) atoms. The summed E-state index contributed by atoms with van der Waals surface area (Å²) < 4.78 is 64.1. The van der Waals surface area contributed by atoms with E-state index >= 15 is 0 Å². The Morgan fingerprint density at radius 1 is 1.17 bits per heavy atom. The van der Waals surface area contributed by atoms with Gasteiger partial charge in [-0.3, -0.25) is 4.98 Å². The van der Waals surface area contributed by atoms with Crippen LogP contribution in [0.25, 0.3) is 11.3 Å². The minimum absolute atomic E-state index is 0.0680. The molecule has 2 aromatic heterocycles. The third-order valence-electron chi connectivity index (χ3n) is 4.21. The number of aryl methyl sites for hydroxylation is 2. The molecule has 0 radical (unpaired) electrons. The molecule has 0 aliphatic heterocycles. The van der Waals surface area contributed by atoms with Crippen molar-refractivity contribution in [1.29, 1.82) is 0 Å². The van der Waals surface area contributed by atoms with Crippen LogP contribution in [0.1, 0.15) is 16.8 Å². The first kappa shape index (κ1) is 20.8. The van der Waals surface area contributed by atoms with Gasteiger partial charge in [-0.15, -0.1) is 0 Å². The smallest absolute Gasteiger partial charge is 0.379 e. The second-order valence-corrected chi connectivity index (χ2v) is 7.99. The maximum absolute atomic E-state index is 12.7. The van der Waals surface area contributed by atoms with Gasteiger partial charge < -0.3 is 9.88 Å². The number of imidazole rings is 1. The number of hydrogen-bond acceptors (Lipinski definition) is 5. The topological polar surface area (TPSA) is 103 Å². The van der Waals surface area contributed by atoms with E-state index in [1.165, 1.54) is 12.4 Å². The number of nitrogens with two attached hydrogens (primary N) is 1. The summed E-state index contributed by atoms with van der Waals surface area (Å²) in [4.78, 5) is 7.96. The van der Waals surface area contributed by atoms with E-state index in [0.29, 0.717) is 28.2 Å². The molecule has 0 unspecified atom stereocenters. The number of halogens is 3. The molecular weight excluding hydrogens is 407 g/mol. The normalized spacial score (nSPS) is 12.2. The fourth-order valence-electron chi connectivity index (χ4n) is 2.88. The largest absolute Gasteiger partial charge is 0.417 e. The SMILES string of the molecule is Cc1ccc(NCc2ccc(C(F)(F)F)cn2)c(-c2cn(C)cn2)c1S(N)(=O)=O. The quantitative estimate of drug-likeness (QED) is 0.654. The summed E-state index contributed by atoms with van der Waals surface area (Å²) in [7, 11) is -2.32. The first-order valence-electron chi connectivity index (χ1n) is 8.37. The Morgan fingerprint density at radius 3 is 2.41 bits per heavy atom. The van der Waals surface area contributed by atoms with Gasteiger partial charge >= 0.3 is 6.18 Å². The zero-order valence-corrected chi connectivity index (χ0v) is 16.3. The minimum Gasteiger partial charge on any atom is -0.379 e. The predicted molar refractivity (Wildman–Crippen MR) is 101 cm³/mol. The van der Waals surface area contributed by atoms with Gasteiger partial charge in [0.1, 0.15) is 0 Å². The van der Waals surface area contributed by atoms with Crippen molar-refractivity contribution in [2.24, 2.45) is 12.2 Å². The highest BCUT2D eigenvalue weighted by Crippen LogP contribution is 2.35. The standard InChI is InChI=1S/C18H18F3N5O2S/c1-11-3-6-14(24-8-13-5-4-12(7-23-13)18(19,20)21)16(17(11)29(22,27)28)15-9-26(2)10-25-15/h3-7,9-10,24H,8H2,1-2H3,(H2,22,27,28). The summed E-state index contributed by atoms with van der Waals surface area (Å²) >= 11 is 0. The number of sulfonamides is 1. The van der Waals surface area contributed by atoms with Gasteiger partial charge in [0.15, 0.2) is 0 Å². The summed E-state index contributed by atoms with van der Waals surface area (Å²) in [6.07, 6.45) is -0.551. The lowest BCUT2D eigenvalue weighted by molar-refractivity contribution is -0.137. The van der Waals surface area contributed by atoms with E-state index in [1.807, 2.05) is 0 Å². The fraction of sp³-hybridized carbons (Fsp3) is 0.222. The minimum atomic E-state index is -4.47. The van der Waals surface area contributed by atoms with Crippen molar-refractivity contribution < 1.29 is 21.6 Å². The summed E-state index contributed by atoms with van der Waals surface area (Å²) in [5, 5.41) is 8.45. The van der Waals surface area contributed by atoms with E-state index in [9.17, 15) is 21.6 Å². The van der Waals surface area contributed by atoms with E-state index in [0.717, 1.165) is 12.3 Å². The fourth-order valence-corrected chi connectivity index (χ4v) is 3.90. The van der Waals surface area contributed by atoms with Crippen molar-refractivity contribution in [3.8, 4) is 11.3 Å². The average Bonchev–Trinajstić information content (AvgIpc) is 3.05. The predicted octanol–water partition coefficient (Wildman–Crippen LogP) is 3.07. The highest BCUT2D eigenvalue weighted by molar-refractivity contribution is 7.89. The average molecular weight is 425 g/mol. The van der Waals surface area contributed by atoms with Gasteiger partial charge in [0.2, 0.25) is 10.0 Å². The number of pyridine rings is 1. The lowest BCUT2D eigenvalue weighted by Crippen LogP contribution is -2.16. The summed E-state index contributed by atoms with van der Waals surface area (Å²) in [5.41, 5.74) is 1.06. The molecule has 0 saturated heterocycles. The highest BCUT2D eigenvalue weighted by Gasteiger charge is 2.30. The van der Waals surface area contributed by atoms with Crippen LogP contribution in [0.15, 0.2) is 47.9 Å². The van der Waals surface area contributed by atoms with Crippen LogP contribution in [0, 0.1) is 6.92 Å². The van der Waals surface area contributed by atoms with Crippen LogP contribution in [0.3, 0.4) is 0 Å². The third-order valence-corrected chi connectivity index (χ3v) is 5.31. The Balaban J connectivity index is 1.99. The molecule has 7 nitrogen and oxygen atoms in total. The molecule has 0 bridgehead atoms. The van der Waals surface area contributed by atoms with Crippen molar-refractivity contribution in [3.05, 3.63) is 59.8 Å². The van der Waals surface area contributed by atoms with Gasteiger partial charge in [0, 0.05) is 30.7 Å². The highest BCUT2D eigenvalue weighted by atomic mass is 32.2. The second kappa shape index (κ2) is 7.48. The summed E-state index contributed by atoms with van der Waals surface area (Å²) in [6, 6.07) is 5.45. The van der Waals surface area contributed by atoms with Crippen LogP contribution in [0.2, 0.25) is 0 Å². The molecule has 0 aliphatic rings. The third kappa shape index (κ3) is 4.57. The van der Waals surface area contributed by atoms with E-state index in [1.54, 1.807) is 36.9 Å². The maximum Gasteiger partial charge on any atom is 0.417 e. The van der Waals surface area contributed by atoms with E-state index in [4.69, 9.17) is 5.14 Å². The molecule has 11 heteroatoms. The molecule has 1 aromatic carbocycles. The van der Waals surface area contributed by atoms with Gasteiger partial charge in [0.25, 0.3) is 0 Å². The molecule has 0 spiro atoms. The Labute approximate surface area is 165 Å². The monoisotopic (exact) mass is 425 g/mol. The number of primary sulfonamides is 1. The lowest BCUT2D eigenvalue weighted by Gasteiger charge is -2.16. The van der Waals surface area contributed by atoms with Crippen LogP contribution < -0.4 is 10.5 Å². The number of aromatic nitrogens is 3. The lowest BCUT2D eigenvalue weighted by atomic mass is 10.1. The Kier molecular flexibility index (Phi) is 5.37. The Bertz CT molecular complexity index is 1140. The van der Waals surface area contributed by atoms with Crippen LogP contribution in [0.5, 0.6) is 0 Å². The second-order valence-electron chi connectivity index (χ2n) is 6.49. The summed E-state index contributed by atoms with van der Waals surface area (Å²) in [6.45, 7) is 1.69. The first-order valence-corrected chi connectivity index (χ1v) is 9.92. The maximum atomic E-state index is 12.7. The molecule has 2 heterocycles. The van der Waals surface area contributed by atoms with Gasteiger partial charge in [-0.2, -0.15) is 13.2 Å². The van der Waals surface area contributed by atoms with Gasteiger partial charge in [-0.1, -0.05) is 6.07 Å². The van der Waals surface area contributed by atoms with Crippen molar-refractivity contribution in [2.75, 3.05) is 5.32 Å². The molecule has 3 aromatic rings. The molecule has 0 saturated carbocycles. The van der Waals surface area contributed by atoms with E-state index in [2.05, 4.69) is 15.3 Å². The van der Waals surface area contributed by atoms with Gasteiger partial charge in [-0.05, 0) is 30.7 Å². The van der Waals surface area contributed by atoms with Crippen LogP contribution in [-0.4, -0.2) is 23.0 Å². The molecular formula is C18H18F3N5O2S. The molecule has 0 aliphatic carbocycles. The number of benzene rings is 1. The van der Waals surface area contributed by atoms with Crippen molar-refractivity contribution in [3.63, 3.8) is 0 Å². The van der Waals surface area contributed by atoms with Crippen molar-refractivity contribution in [1.82, 2.24) is 14.5 Å². The van der Waals surface area contributed by atoms with Gasteiger partial charge in [0.05, 0.1) is 34.7 Å². The molecule has 0 fully saturated rings. The first-order chi connectivity index (χ1) is 13.5. The molecule has 154 valence electrons. The van der Waals surface area contributed by atoms with Crippen LogP contribution >= 0.6 is 0 Å². The number of hydrogen-bond donors (Lipinski definition) is 2. The molecule has 3 N–H and O–H groups in total. The zero-order chi connectivity index (χ0) is 21.4. The van der Waals surface area contributed by atoms with E-state index < -0.39 is 21.8 Å². The van der Waals surface area contributed by atoms with Gasteiger partial charge in [-0.25, -0.2) is 18.5 Å². The summed E-state index contributed by atoms with van der Waals surface area (Å²) in [5.74, 6) is 0. The molecule has 3 rings (SSSR count). The van der Waals surface area contributed by atoms with Crippen LogP contribution in [0.4, 0.5) is 18.9 Å². The number of rotatable bonds is 5. The van der Waals surface area contributed by atoms with Crippen molar-refractivity contribution >= 4 is 15.7 Å². The number of anilines is 1.